The van der Waals surface area contributed by atoms with Crippen molar-refractivity contribution in [1.29, 1.82) is 0 Å². The lowest BCUT2D eigenvalue weighted by Crippen LogP contribution is -2.34. The number of amides is 1. The van der Waals surface area contributed by atoms with Crippen molar-refractivity contribution in [2.24, 2.45) is 0 Å². The number of likely N-dealkylation sites (N-methyl/N-ethyl adjacent to an activating group) is 1. The van der Waals surface area contributed by atoms with E-state index in [4.69, 9.17) is 0 Å². The number of nitrogens with zero attached hydrogens (tertiary/aromatic N) is 2. The Hall–Kier alpha value is -3.20. The Balaban J connectivity index is 1.74. The molecule has 3 rings (SSSR count). The quantitative estimate of drug-likeness (QED) is 0.682. The minimum absolute atomic E-state index is 0.191. The van der Waals surface area contributed by atoms with Crippen LogP contribution in [0.1, 0.15) is 24.4 Å². The molecule has 0 fully saturated rings. The maximum absolute atomic E-state index is 13.1. The fourth-order valence-corrected chi connectivity index (χ4v) is 2.90. The number of H-pyrrole nitrogens is 1. The number of hydrogen-bond acceptors (Lipinski definition) is 4. The van der Waals surface area contributed by atoms with E-state index in [0.29, 0.717) is 16.7 Å². The van der Waals surface area contributed by atoms with Gasteiger partial charge in [-0.25, -0.2) is 4.98 Å². The molecule has 3 aromatic rings. The minimum Gasteiger partial charge on any atom is -0.324 e. The SMILES string of the molecule is C[C@@H](c1nc2ccccc2c(=O)[nH]1)N(C)CC(=O)Nc1ccccc1C(F)(F)F. The standard InChI is InChI=1S/C20H19F3N4O2/c1-12(18-25-15-9-5-3-7-13(15)19(29)26-18)27(2)11-17(28)24-16-10-6-4-8-14(16)20(21,22)23/h3-10,12H,11H2,1-2H3,(H,24,28)(H,25,26,29)/t12-/m0/s1. The molecule has 0 saturated heterocycles. The molecule has 1 heterocycles. The molecular weight excluding hydrogens is 385 g/mol. The molecule has 0 aliphatic heterocycles. The van der Waals surface area contributed by atoms with Crippen molar-refractivity contribution < 1.29 is 18.0 Å². The molecule has 6 nitrogen and oxygen atoms in total. The molecule has 0 bridgehead atoms. The molecule has 29 heavy (non-hydrogen) atoms. The molecule has 1 amide bonds. The van der Waals surface area contributed by atoms with Gasteiger partial charge in [-0.3, -0.25) is 14.5 Å². The smallest absolute Gasteiger partial charge is 0.324 e. The Morgan fingerprint density at radius 2 is 1.83 bits per heavy atom. The van der Waals surface area contributed by atoms with Gasteiger partial charge in [0.25, 0.3) is 5.56 Å². The van der Waals surface area contributed by atoms with Gasteiger partial charge in [0.2, 0.25) is 5.91 Å². The molecular formula is C20H19F3N4O2. The number of nitrogens with one attached hydrogen (secondary N) is 2. The fraction of sp³-hybridized carbons (Fsp3) is 0.250. The molecule has 152 valence electrons. The van der Waals surface area contributed by atoms with Crippen LogP contribution in [0.2, 0.25) is 0 Å². The van der Waals surface area contributed by atoms with E-state index in [1.165, 1.54) is 18.2 Å². The van der Waals surface area contributed by atoms with E-state index in [1.54, 1.807) is 43.1 Å². The summed E-state index contributed by atoms with van der Waals surface area (Å²) >= 11 is 0. The number of carbonyl (C=O) groups is 1. The third-order valence-electron chi connectivity index (χ3n) is 4.59. The van der Waals surface area contributed by atoms with Crippen LogP contribution in [0.15, 0.2) is 53.3 Å². The Labute approximate surface area is 164 Å². The van der Waals surface area contributed by atoms with Gasteiger partial charge in [0.05, 0.1) is 34.7 Å². The number of alkyl halides is 3. The summed E-state index contributed by atoms with van der Waals surface area (Å²) in [5, 5.41) is 2.75. The Bertz CT molecular complexity index is 1090. The summed E-state index contributed by atoms with van der Waals surface area (Å²) in [6.45, 7) is 1.55. The van der Waals surface area contributed by atoms with Crippen LogP contribution in [0, 0.1) is 0 Å². The van der Waals surface area contributed by atoms with Crippen LogP contribution in [-0.4, -0.2) is 34.4 Å². The highest BCUT2D eigenvalue weighted by atomic mass is 19.4. The molecule has 0 aliphatic carbocycles. The van der Waals surface area contributed by atoms with E-state index in [2.05, 4.69) is 15.3 Å². The van der Waals surface area contributed by atoms with Crippen molar-refractivity contribution in [2.75, 3.05) is 18.9 Å². The van der Waals surface area contributed by atoms with Gasteiger partial charge < -0.3 is 10.3 Å². The average molecular weight is 404 g/mol. The van der Waals surface area contributed by atoms with E-state index in [9.17, 15) is 22.8 Å². The van der Waals surface area contributed by atoms with E-state index in [-0.39, 0.29) is 17.8 Å². The second kappa shape index (κ2) is 8.04. The van der Waals surface area contributed by atoms with Crippen LogP contribution in [-0.2, 0) is 11.0 Å². The first-order valence-corrected chi connectivity index (χ1v) is 8.82. The van der Waals surface area contributed by atoms with Crippen LogP contribution in [0.4, 0.5) is 18.9 Å². The lowest BCUT2D eigenvalue weighted by Gasteiger charge is -2.23. The largest absolute Gasteiger partial charge is 0.418 e. The Morgan fingerprint density at radius 3 is 2.55 bits per heavy atom. The number of benzene rings is 2. The van der Waals surface area contributed by atoms with Gasteiger partial charge in [-0.2, -0.15) is 13.2 Å². The highest BCUT2D eigenvalue weighted by molar-refractivity contribution is 5.93. The first-order chi connectivity index (χ1) is 13.7. The Kier molecular flexibility index (Phi) is 5.69. The van der Waals surface area contributed by atoms with Gasteiger partial charge >= 0.3 is 6.18 Å². The zero-order chi connectivity index (χ0) is 21.2. The highest BCUT2D eigenvalue weighted by Gasteiger charge is 2.33. The predicted octanol–water partition coefficient (Wildman–Crippen LogP) is 3.57. The summed E-state index contributed by atoms with van der Waals surface area (Å²) in [4.78, 5) is 33.2. The molecule has 2 aromatic carbocycles. The maximum Gasteiger partial charge on any atom is 0.418 e. The topological polar surface area (TPSA) is 78.1 Å². The molecule has 9 heteroatoms. The molecule has 0 unspecified atom stereocenters. The second-order valence-electron chi connectivity index (χ2n) is 6.65. The summed E-state index contributed by atoms with van der Waals surface area (Å²) in [6.07, 6.45) is -4.57. The third kappa shape index (κ3) is 4.62. The Morgan fingerprint density at radius 1 is 1.17 bits per heavy atom. The summed E-state index contributed by atoms with van der Waals surface area (Å²) in [5.74, 6) is -0.251. The number of carbonyl (C=O) groups excluding carboxylic acids is 1. The number of aromatic nitrogens is 2. The summed E-state index contributed by atoms with van der Waals surface area (Å²) in [7, 11) is 1.62. The van der Waals surface area contributed by atoms with Crippen LogP contribution >= 0.6 is 0 Å². The van der Waals surface area contributed by atoms with E-state index < -0.39 is 23.7 Å². The van der Waals surface area contributed by atoms with Crippen LogP contribution in [0.25, 0.3) is 10.9 Å². The van der Waals surface area contributed by atoms with Gasteiger partial charge in [-0.05, 0) is 38.2 Å². The van der Waals surface area contributed by atoms with Crippen molar-refractivity contribution in [2.45, 2.75) is 19.1 Å². The van der Waals surface area contributed by atoms with Crippen LogP contribution < -0.4 is 10.9 Å². The second-order valence-corrected chi connectivity index (χ2v) is 6.65. The number of halogens is 3. The van der Waals surface area contributed by atoms with E-state index in [1.807, 2.05) is 0 Å². The van der Waals surface area contributed by atoms with E-state index in [0.717, 1.165) is 6.07 Å². The summed E-state index contributed by atoms with van der Waals surface area (Å²) in [5.41, 5.74) is -0.989. The average Bonchev–Trinajstić information content (AvgIpc) is 2.66. The zero-order valence-corrected chi connectivity index (χ0v) is 15.7. The van der Waals surface area contributed by atoms with Crippen molar-refractivity contribution >= 4 is 22.5 Å². The first-order valence-electron chi connectivity index (χ1n) is 8.82. The highest BCUT2D eigenvalue weighted by Crippen LogP contribution is 2.34. The fourth-order valence-electron chi connectivity index (χ4n) is 2.90. The van der Waals surface area contributed by atoms with Crippen molar-refractivity contribution in [1.82, 2.24) is 14.9 Å². The van der Waals surface area contributed by atoms with Gasteiger partial charge in [0.1, 0.15) is 5.82 Å². The molecule has 1 aromatic heterocycles. The third-order valence-corrected chi connectivity index (χ3v) is 4.59. The molecule has 2 N–H and O–H groups in total. The predicted molar refractivity (Wildman–Crippen MR) is 103 cm³/mol. The zero-order valence-electron chi connectivity index (χ0n) is 15.7. The molecule has 0 spiro atoms. The minimum atomic E-state index is -4.57. The lowest BCUT2D eigenvalue weighted by atomic mass is 10.1. The maximum atomic E-state index is 13.1. The first kappa shape index (κ1) is 20.5. The number of hydrogen-bond donors (Lipinski definition) is 2. The number of fused-ring (bicyclic) bond motifs is 1. The molecule has 0 saturated carbocycles. The van der Waals surface area contributed by atoms with Crippen molar-refractivity contribution in [3.63, 3.8) is 0 Å². The summed E-state index contributed by atoms with van der Waals surface area (Å²) < 4.78 is 39.2. The van der Waals surface area contributed by atoms with Gasteiger partial charge in [-0.15, -0.1) is 0 Å². The van der Waals surface area contributed by atoms with Crippen molar-refractivity contribution in [3.8, 4) is 0 Å². The lowest BCUT2D eigenvalue weighted by molar-refractivity contribution is -0.137. The number of para-hydroxylation sites is 2. The normalized spacial score (nSPS) is 12.9. The van der Waals surface area contributed by atoms with Crippen LogP contribution in [0.5, 0.6) is 0 Å². The number of rotatable bonds is 5. The van der Waals surface area contributed by atoms with Gasteiger partial charge in [0.15, 0.2) is 0 Å². The van der Waals surface area contributed by atoms with Crippen LogP contribution in [0.3, 0.4) is 0 Å². The van der Waals surface area contributed by atoms with Gasteiger partial charge in [-0.1, -0.05) is 24.3 Å². The molecule has 0 radical (unpaired) electrons. The van der Waals surface area contributed by atoms with Gasteiger partial charge in [0, 0.05) is 0 Å². The molecule has 1 atom stereocenters. The summed E-state index contributed by atoms with van der Waals surface area (Å²) in [6, 6.07) is 11.2. The number of anilines is 1. The van der Waals surface area contributed by atoms with E-state index >= 15 is 0 Å². The van der Waals surface area contributed by atoms with Crippen molar-refractivity contribution in [3.05, 3.63) is 70.3 Å². The monoisotopic (exact) mass is 404 g/mol. The molecule has 0 aliphatic rings. The number of aromatic amines is 1.